The van der Waals surface area contributed by atoms with E-state index < -0.39 is 0 Å². The number of rotatable bonds is 3. The first kappa shape index (κ1) is 11.9. The molecule has 2 nitrogen and oxygen atoms in total. The van der Waals surface area contributed by atoms with Gasteiger partial charge in [0.05, 0.1) is 0 Å². The van der Waals surface area contributed by atoms with Gasteiger partial charge in [0.15, 0.2) is 0 Å². The molecule has 0 heterocycles. The van der Waals surface area contributed by atoms with E-state index >= 15 is 0 Å². The monoisotopic (exact) mass is 137 g/mol. The summed E-state index contributed by atoms with van der Waals surface area (Å²) >= 11 is 0. The summed E-state index contributed by atoms with van der Waals surface area (Å²) in [6, 6.07) is 0. The van der Waals surface area contributed by atoms with Gasteiger partial charge in [0.25, 0.3) is 0 Å². The van der Waals surface area contributed by atoms with Crippen LogP contribution in [-0.2, 0) is 4.79 Å². The first-order valence-corrected chi connectivity index (χ1v) is 2.66. The predicted octanol–water partition coefficient (Wildman–Crippen LogP) is 0.180. The summed E-state index contributed by atoms with van der Waals surface area (Å²) in [4.78, 5) is 10.2. The molecule has 0 aliphatic heterocycles. The maximum absolute atomic E-state index is 10.2. The van der Waals surface area contributed by atoms with Crippen molar-refractivity contribution in [2.45, 2.75) is 19.8 Å². The van der Waals surface area contributed by atoms with E-state index in [2.05, 4.69) is 6.58 Å². The first-order chi connectivity index (χ1) is 3.68. The van der Waals surface area contributed by atoms with E-state index in [9.17, 15) is 4.79 Å². The zero-order chi connectivity index (χ0) is 6.57. The van der Waals surface area contributed by atoms with Gasteiger partial charge in [0.1, 0.15) is 0 Å². The average molecular weight is 137 g/mol. The fourth-order valence-electron chi connectivity index (χ4n) is 0.425. The van der Waals surface area contributed by atoms with Crippen LogP contribution in [0.2, 0.25) is 0 Å². The summed E-state index contributed by atoms with van der Waals surface area (Å²) in [5, 5.41) is 0. The van der Waals surface area contributed by atoms with Crippen molar-refractivity contribution < 1.29 is 4.79 Å². The Morgan fingerprint density at radius 1 is 1.67 bits per heavy atom. The Morgan fingerprint density at radius 2 is 2.11 bits per heavy atom. The Labute approximate surface area is 77.8 Å². The average Bonchev–Trinajstić information content (AvgIpc) is 1.67. The van der Waals surface area contributed by atoms with Gasteiger partial charge in [-0.2, -0.15) is 0 Å². The number of nitrogens with two attached hydrogens (primary N) is 1. The molecule has 0 bridgehead atoms. The van der Waals surface area contributed by atoms with Crippen molar-refractivity contribution in [1.29, 1.82) is 0 Å². The van der Waals surface area contributed by atoms with E-state index in [-0.39, 0.29) is 35.5 Å². The zero-order valence-electron chi connectivity index (χ0n) is 5.11. The molecule has 0 aliphatic carbocycles. The molecule has 0 aromatic heterocycles. The van der Waals surface area contributed by atoms with E-state index in [0.29, 0.717) is 5.57 Å². The summed E-state index contributed by atoms with van der Waals surface area (Å²) in [5.41, 5.74) is 5.40. The van der Waals surface area contributed by atoms with Gasteiger partial charge in [-0.1, -0.05) is 19.9 Å². The molecule has 0 aromatic carbocycles. The Hall–Kier alpha value is 0.210. The molecule has 2 N–H and O–H groups in total. The van der Waals surface area contributed by atoms with Crippen molar-refractivity contribution in [3.63, 3.8) is 0 Å². The third-order valence-electron chi connectivity index (χ3n) is 0.900. The van der Waals surface area contributed by atoms with Crippen LogP contribution >= 0.6 is 0 Å². The van der Waals surface area contributed by atoms with Gasteiger partial charge in [-0.3, -0.25) is 4.79 Å². The van der Waals surface area contributed by atoms with E-state index in [4.69, 9.17) is 5.73 Å². The van der Waals surface area contributed by atoms with Crippen molar-refractivity contribution in [2.24, 2.45) is 5.73 Å². The number of carbonyl (C=O) groups is 1. The second kappa shape index (κ2) is 6.33. The molecule has 0 aliphatic rings. The fourth-order valence-corrected chi connectivity index (χ4v) is 0.425. The number of amides is 1. The number of carbonyl (C=O) groups excluding carboxylic acids is 1. The Balaban J connectivity index is 0. The van der Waals surface area contributed by atoms with Crippen LogP contribution in [0, 0.1) is 0 Å². The first-order valence-electron chi connectivity index (χ1n) is 2.66. The van der Waals surface area contributed by atoms with Crippen LogP contribution in [0.3, 0.4) is 0 Å². The van der Waals surface area contributed by atoms with Gasteiger partial charge in [-0.25, -0.2) is 0 Å². The van der Waals surface area contributed by atoms with Gasteiger partial charge in [0, 0.05) is 5.57 Å². The number of hydrogen-bond donors (Lipinski definition) is 1. The topological polar surface area (TPSA) is 43.1 Å². The van der Waals surface area contributed by atoms with Crippen LogP contribution < -0.4 is 5.73 Å². The van der Waals surface area contributed by atoms with Gasteiger partial charge in [0.2, 0.25) is 5.91 Å². The molecule has 0 rings (SSSR count). The summed E-state index contributed by atoms with van der Waals surface area (Å²) in [5.74, 6) is -0.383. The van der Waals surface area contributed by atoms with Gasteiger partial charge < -0.3 is 5.73 Å². The molecule has 1 amide bonds. The minimum atomic E-state index is -0.383. The van der Waals surface area contributed by atoms with Gasteiger partial charge >= 0.3 is 29.6 Å². The summed E-state index contributed by atoms with van der Waals surface area (Å²) in [6.07, 6.45) is 1.65. The molecule has 0 saturated heterocycles. The molecule has 0 spiro atoms. The summed E-state index contributed by atoms with van der Waals surface area (Å²) in [7, 11) is 0. The van der Waals surface area contributed by atoms with Crippen molar-refractivity contribution in [1.82, 2.24) is 0 Å². The molecule has 0 radical (unpaired) electrons. The number of hydrogen-bond acceptors (Lipinski definition) is 1. The quantitative estimate of drug-likeness (QED) is 0.437. The van der Waals surface area contributed by atoms with E-state index in [1.807, 2.05) is 6.92 Å². The predicted molar refractivity (Wildman–Crippen MR) is 40.4 cm³/mol. The van der Waals surface area contributed by atoms with Crippen LogP contribution in [0.25, 0.3) is 0 Å². The molecule has 0 aromatic rings. The SMILES string of the molecule is C=C(CCC)C(N)=O.[NaH]. The molecule has 0 fully saturated rings. The normalized spacial score (nSPS) is 7.67. The van der Waals surface area contributed by atoms with Gasteiger partial charge in [-0.05, 0) is 6.42 Å². The van der Waals surface area contributed by atoms with Crippen LogP contribution in [-0.4, -0.2) is 35.5 Å². The van der Waals surface area contributed by atoms with E-state index in [0.717, 1.165) is 12.8 Å². The van der Waals surface area contributed by atoms with Gasteiger partial charge in [-0.15, -0.1) is 0 Å². The van der Waals surface area contributed by atoms with E-state index in [1.54, 1.807) is 0 Å². The number of primary amides is 1. The van der Waals surface area contributed by atoms with Crippen molar-refractivity contribution in [3.05, 3.63) is 12.2 Å². The van der Waals surface area contributed by atoms with Crippen LogP contribution in [0.4, 0.5) is 0 Å². The molecule has 0 unspecified atom stereocenters. The third-order valence-corrected chi connectivity index (χ3v) is 0.900. The van der Waals surface area contributed by atoms with Crippen molar-refractivity contribution in [3.8, 4) is 0 Å². The Bertz CT molecular complexity index is 112. The Kier molecular flexibility index (Phi) is 8.40. The second-order valence-electron chi connectivity index (χ2n) is 1.72. The van der Waals surface area contributed by atoms with E-state index in [1.165, 1.54) is 0 Å². The molecular weight excluding hydrogens is 125 g/mol. The van der Waals surface area contributed by atoms with Crippen molar-refractivity contribution >= 4 is 35.5 Å². The molecular formula is C6H12NNaO. The Morgan fingerprint density at radius 3 is 2.22 bits per heavy atom. The standard InChI is InChI=1S/C6H11NO.Na.H/c1-3-4-5(2)6(7)8;;/h2-4H2,1H3,(H2,7,8);;. The third kappa shape index (κ3) is 6.09. The second-order valence-corrected chi connectivity index (χ2v) is 1.72. The van der Waals surface area contributed by atoms with Crippen LogP contribution in [0.5, 0.6) is 0 Å². The van der Waals surface area contributed by atoms with Crippen LogP contribution in [0.1, 0.15) is 19.8 Å². The fraction of sp³-hybridized carbons (Fsp3) is 0.500. The maximum atomic E-state index is 10.2. The minimum absolute atomic E-state index is 0. The summed E-state index contributed by atoms with van der Waals surface area (Å²) in [6.45, 7) is 5.45. The van der Waals surface area contributed by atoms with Crippen molar-refractivity contribution in [2.75, 3.05) is 0 Å². The summed E-state index contributed by atoms with van der Waals surface area (Å²) < 4.78 is 0. The molecule has 3 heteroatoms. The molecule has 48 valence electrons. The zero-order valence-corrected chi connectivity index (χ0v) is 5.11. The van der Waals surface area contributed by atoms with Crippen LogP contribution in [0.15, 0.2) is 12.2 Å². The molecule has 9 heavy (non-hydrogen) atoms. The molecule has 0 saturated carbocycles. The molecule has 0 atom stereocenters.